The summed E-state index contributed by atoms with van der Waals surface area (Å²) in [7, 11) is 1.97. The molecule has 0 spiro atoms. The van der Waals surface area contributed by atoms with Gasteiger partial charge in [0.1, 0.15) is 12.4 Å². The first-order valence-electron chi connectivity index (χ1n) is 9.37. The summed E-state index contributed by atoms with van der Waals surface area (Å²) >= 11 is 0. The second-order valence-electron chi connectivity index (χ2n) is 6.73. The first kappa shape index (κ1) is 18.3. The van der Waals surface area contributed by atoms with Gasteiger partial charge in [-0.1, -0.05) is 18.2 Å². The summed E-state index contributed by atoms with van der Waals surface area (Å²) in [5.41, 5.74) is 2.47. The van der Waals surface area contributed by atoms with Crippen molar-refractivity contribution >= 4 is 5.96 Å². The van der Waals surface area contributed by atoms with Crippen LogP contribution in [0.4, 0.5) is 0 Å². The van der Waals surface area contributed by atoms with Gasteiger partial charge in [0.25, 0.3) is 0 Å². The van der Waals surface area contributed by atoms with E-state index in [2.05, 4.69) is 41.4 Å². The Morgan fingerprint density at radius 1 is 1.38 bits per heavy atom. The summed E-state index contributed by atoms with van der Waals surface area (Å²) in [6.07, 6.45) is 5.23. The van der Waals surface area contributed by atoms with E-state index in [1.54, 1.807) is 0 Å². The highest BCUT2D eigenvalue weighted by Crippen LogP contribution is 2.26. The third kappa shape index (κ3) is 4.56. The lowest BCUT2D eigenvalue weighted by molar-refractivity contribution is 0.325. The Hall–Kier alpha value is -2.50. The quantitative estimate of drug-likeness (QED) is 0.492. The van der Waals surface area contributed by atoms with E-state index < -0.39 is 0 Å². The molecule has 6 heteroatoms. The first-order valence-corrected chi connectivity index (χ1v) is 9.37. The standard InChI is InChI=1S/C20H29N5O/c1-4-21-20(22-10-12-26-19-8-6-5-7-16(19)2)25-11-9-17(15-25)18-13-23-24(3)14-18/h5-8,13-14,17H,4,9-12,15H2,1-3H3,(H,21,22). The number of aliphatic imine (C=N–C) groups is 1. The zero-order valence-corrected chi connectivity index (χ0v) is 16.0. The van der Waals surface area contributed by atoms with Crippen LogP contribution in [0.25, 0.3) is 0 Å². The van der Waals surface area contributed by atoms with Gasteiger partial charge in [-0.15, -0.1) is 0 Å². The molecule has 1 aliphatic heterocycles. The van der Waals surface area contributed by atoms with Gasteiger partial charge in [-0.2, -0.15) is 5.10 Å². The molecule has 3 rings (SSSR count). The molecule has 0 aliphatic carbocycles. The van der Waals surface area contributed by atoms with E-state index in [1.165, 1.54) is 5.56 Å². The van der Waals surface area contributed by atoms with Crippen LogP contribution in [0.5, 0.6) is 5.75 Å². The van der Waals surface area contributed by atoms with E-state index in [0.29, 0.717) is 19.1 Å². The maximum atomic E-state index is 5.86. The number of benzene rings is 1. The van der Waals surface area contributed by atoms with Gasteiger partial charge in [0.15, 0.2) is 5.96 Å². The van der Waals surface area contributed by atoms with Crippen molar-refractivity contribution in [1.29, 1.82) is 0 Å². The molecule has 0 amide bonds. The van der Waals surface area contributed by atoms with Crippen molar-refractivity contribution in [1.82, 2.24) is 20.0 Å². The predicted octanol–water partition coefficient (Wildman–Crippen LogP) is 2.56. The molecular weight excluding hydrogens is 326 g/mol. The Morgan fingerprint density at radius 2 is 2.23 bits per heavy atom. The van der Waals surface area contributed by atoms with Crippen LogP contribution in [-0.2, 0) is 7.05 Å². The number of nitrogens with zero attached hydrogens (tertiary/aromatic N) is 4. The van der Waals surface area contributed by atoms with Crippen molar-refractivity contribution in [2.75, 3.05) is 32.8 Å². The second kappa shape index (κ2) is 8.74. The molecule has 1 atom stereocenters. The highest BCUT2D eigenvalue weighted by Gasteiger charge is 2.26. The molecule has 26 heavy (non-hydrogen) atoms. The van der Waals surface area contributed by atoms with Crippen LogP contribution in [0.15, 0.2) is 41.7 Å². The van der Waals surface area contributed by atoms with Crippen molar-refractivity contribution in [2.45, 2.75) is 26.2 Å². The Labute approximate surface area is 155 Å². The third-order valence-electron chi connectivity index (χ3n) is 4.72. The van der Waals surface area contributed by atoms with Crippen LogP contribution in [0.2, 0.25) is 0 Å². The number of hydrogen-bond acceptors (Lipinski definition) is 3. The van der Waals surface area contributed by atoms with Crippen LogP contribution in [0.1, 0.15) is 30.4 Å². The molecule has 1 aromatic carbocycles. The molecule has 1 saturated heterocycles. The SMILES string of the molecule is CCNC(=NCCOc1ccccc1C)N1CCC(c2cnn(C)c2)C1. The van der Waals surface area contributed by atoms with Crippen molar-refractivity contribution in [3.05, 3.63) is 47.8 Å². The monoisotopic (exact) mass is 355 g/mol. The van der Waals surface area contributed by atoms with Crippen LogP contribution in [-0.4, -0.2) is 53.4 Å². The molecule has 1 aliphatic rings. The van der Waals surface area contributed by atoms with E-state index in [1.807, 2.05) is 36.1 Å². The first-order chi connectivity index (χ1) is 12.7. The predicted molar refractivity (Wildman–Crippen MR) is 105 cm³/mol. The van der Waals surface area contributed by atoms with Crippen LogP contribution >= 0.6 is 0 Å². The molecule has 1 fully saturated rings. The minimum absolute atomic E-state index is 0.524. The third-order valence-corrected chi connectivity index (χ3v) is 4.72. The van der Waals surface area contributed by atoms with E-state index in [4.69, 9.17) is 9.73 Å². The van der Waals surface area contributed by atoms with Crippen LogP contribution in [0, 0.1) is 6.92 Å². The van der Waals surface area contributed by atoms with E-state index in [-0.39, 0.29) is 0 Å². The topological polar surface area (TPSA) is 54.7 Å². The van der Waals surface area contributed by atoms with Gasteiger partial charge in [0.05, 0.1) is 12.7 Å². The molecule has 1 unspecified atom stereocenters. The van der Waals surface area contributed by atoms with Crippen LogP contribution < -0.4 is 10.1 Å². The lowest BCUT2D eigenvalue weighted by Crippen LogP contribution is -2.40. The number of nitrogens with one attached hydrogen (secondary N) is 1. The molecule has 1 N–H and O–H groups in total. The van der Waals surface area contributed by atoms with Gasteiger partial charge >= 0.3 is 0 Å². The van der Waals surface area contributed by atoms with Crippen LogP contribution in [0.3, 0.4) is 0 Å². The molecule has 0 saturated carbocycles. The van der Waals surface area contributed by atoms with Crippen molar-refractivity contribution in [2.24, 2.45) is 12.0 Å². The molecule has 0 radical (unpaired) electrons. The summed E-state index contributed by atoms with van der Waals surface area (Å²) in [6, 6.07) is 8.09. The Morgan fingerprint density at radius 3 is 2.96 bits per heavy atom. The zero-order chi connectivity index (χ0) is 18.4. The molecule has 1 aromatic heterocycles. The number of rotatable bonds is 6. The van der Waals surface area contributed by atoms with Gasteiger partial charge in [-0.3, -0.25) is 4.68 Å². The second-order valence-corrected chi connectivity index (χ2v) is 6.73. The minimum Gasteiger partial charge on any atom is -0.491 e. The molecule has 2 aromatic rings. The maximum Gasteiger partial charge on any atom is 0.194 e. The molecule has 0 bridgehead atoms. The normalized spacial score (nSPS) is 17.6. The average Bonchev–Trinajstić information content (AvgIpc) is 3.28. The Bertz CT molecular complexity index is 739. The summed E-state index contributed by atoms with van der Waals surface area (Å²) in [4.78, 5) is 7.10. The van der Waals surface area contributed by atoms with Crippen molar-refractivity contribution < 1.29 is 4.74 Å². The molecular formula is C20H29N5O. The number of hydrogen-bond donors (Lipinski definition) is 1. The lowest BCUT2D eigenvalue weighted by Gasteiger charge is -2.21. The van der Waals surface area contributed by atoms with Gasteiger partial charge in [0, 0.05) is 38.8 Å². The fourth-order valence-electron chi connectivity index (χ4n) is 3.33. The molecule has 2 heterocycles. The fourth-order valence-corrected chi connectivity index (χ4v) is 3.33. The summed E-state index contributed by atoms with van der Waals surface area (Å²) in [5, 5.41) is 7.71. The number of aryl methyl sites for hydroxylation is 2. The summed E-state index contributed by atoms with van der Waals surface area (Å²) in [6.45, 7) is 8.26. The van der Waals surface area contributed by atoms with Gasteiger partial charge in [-0.25, -0.2) is 4.99 Å². The zero-order valence-electron chi connectivity index (χ0n) is 16.0. The average molecular weight is 355 g/mol. The van der Waals surface area contributed by atoms with E-state index in [9.17, 15) is 0 Å². The van der Waals surface area contributed by atoms with E-state index in [0.717, 1.165) is 43.3 Å². The molecule has 140 valence electrons. The Kier molecular flexibility index (Phi) is 6.15. The Balaban J connectivity index is 1.55. The van der Waals surface area contributed by atoms with Gasteiger partial charge in [0.2, 0.25) is 0 Å². The summed E-state index contributed by atoms with van der Waals surface area (Å²) < 4.78 is 7.73. The van der Waals surface area contributed by atoms with E-state index >= 15 is 0 Å². The number of likely N-dealkylation sites (tertiary alicyclic amines) is 1. The molecule has 6 nitrogen and oxygen atoms in total. The number of aromatic nitrogens is 2. The van der Waals surface area contributed by atoms with Gasteiger partial charge in [-0.05, 0) is 37.5 Å². The minimum atomic E-state index is 0.524. The lowest BCUT2D eigenvalue weighted by atomic mass is 10.0. The largest absolute Gasteiger partial charge is 0.491 e. The number of para-hydroxylation sites is 1. The maximum absolute atomic E-state index is 5.86. The summed E-state index contributed by atoms with van der Waals surface area (Å²) in [5.74, 6) is 2.44. The highest BCUT2D eigenvalue weighted by atomic mass is 16.5. The number of ether oxygens (including phenoxy) is 1. The fraction of sp³-hybridized carbons (Fsp3) is 0.500. The number of guanidine groups is 1. The van der Waals surface area contributed by atoms with Gasteiger partial charge < -0.3 is 15.0 Å². The van der Waals surface area contributed by atoms with Crippen molar-refractivity contribution in [3.8, 4) is 5.75 Å². The smallest absolute Gasteiger partial charge is 0.194 e. The van der Waals surface area contributed by atoms with Crippen molar-refractivity contribution in [3.63, 3.8) is 0 Å². The highest BCUT2D eigenvalue weighted by molar-refractivity contribution is 5.80.